The number of carbonyl (C=O) groups is 1. The highest BCUT2D eigenvalue weighted by molar-refractivity contribution is 5.90. The van der Waals surface area contributed by atoms with Crippen LogP contribution in [0.2, 0.25) is 0 Å². The Hall–Kier alpha value is -1.36. The fraction of sp³-hybridized carbons (Fsp3) is 0.600. The third-order valence-corrected chi connectivity index (χ3v) is 2.67. The highest BCUT2D eigenvalue weighted by atomic mass is 16.2. The smallest absolute Gasteiger partial charge is 0.289 e. The molecule has 2 rings (SSSR count). The van der Waals surface area contributed by atoms with E-state index in [-0.39, 0.29) is 5.91 Å². The van der Waals surface area contributed by atoms with Gasteiger partial charge >= 0.3 is 0 Å². The SMILES string of the molecule is C[C@@H]1CN(C(=O)c2nccn2C)CCN1. The molecule has 1 atom stereocenters. The van der Waals surface area contributed by atoms with Crippen LogP contribution in [0, 0.1) is 0 Å². The second kappa shape index (κ2) is 4.02. The van der Waals surface area contributed by atoms with E-state index in [4.69, 9.17) is 0 Å². The van der Waals surface area contributed by atoms with E-state index in [9.17, 15) is 4.79 Å². The summed E-state index contributed by atoms with van der Waals surface area (Å²) in [5, 5.41) is 3.31. The molecule has 0 spiro atoms. The predicted molar refractivity (Wildman–Crippen MR) is 56.6 cm³/mol. The van der Waals surface area contributed by atoms with Gasteiger partial charge in [0.2, 0.25) is 0 Å². The lowest BCUT2D eigenvalue weighted by Gasteiger charge is -2.31. The zero-order valence-electron chi connectivity index (χ0n) is 9.10. The molecule has 0 radical (unpaired) electrons. The first-order valence-corrected chi connectivity index (χ1v) is 5.18. The van der Waals surface area contributed by atoms with Crippen molar-refractivity contribution in [1.29, 1.82) is 0 Å². The van der Waals surface area contributed by atoms with Crippen LogP contribution in [0.4, 0.5) is 0 Å². The lowest BCUT2D eigenvalue weighted by Crippen LogP contribution is -2.51. The van der Waals surface area contributed by atoms with E-state index in [1.807, 2.05) is 11.9 Å². The second-order valence-electron chi connectivity index (χ2n) is 3.97. The molecule has 1 amide bonds. The van der Waals surface area contributed by atoms with E-state index in [0.717, 1.165) is 19.6 Å². The fourth-order valence-electron chi connectivity index (χ4n) is 1.83. The molecule has 1 N–H and O–H groups in total. The summed E-state index contributed by atoms with van der Waals surface area (Å²) in [5.41, 5.74) is 0. The van der Waals surface area contributed by atoms with Gasteiger partial charge in [0, 0.05) is 45.1 Å². The minimum atomic E-state index is 0.0239. The molecule has 82 valence electrons. The zero-order valence-corrected chi connectivity index (χ0v) is 9.10. The Bertz CT molecular complexity index is 360. The van der Waals surface area contributed by atoms with Crippen molar-refractivity contribution in [3.05, 3.63) is 18.2 Å². The van der Waals surface area contributed by atoms with Gasteiger partial charge in [0.15, 0.2) is 5.82 Å². The van der Waals surface area contributed by atoms with E-state index >= 15 is 0 Å². The molecule has 1 aromatic rings. The quantitative estimate of drug-likeness (QED) is 0.698. The highest BCUT2D eigenvalue weighted by Crippen LogP contribution is 2.05. The summed E-state index contributed by atoms with van der Waals surface area (Å²) in [5.74, 6) is 0.542. The van der Waals surface area contributed by atoms with Crippen LogP contribution in [0.5, 0.6) is 0 Å². The molecule has 0 bridgehead atoms. The van der Waals surface area contributed by atoms with Gasteiger partial charge in [-0.1, -0.05) is 0 Å². The largest absolute Gasteiger partial charge is 0.333 e. The number of carbonyl (C=O) groups excluding carboxylic acids is 1. The van der Waals surface area contributed by atoms with Crippen molar-refractivity contribution >= 4 is 5.91 Å². The third-order valence-electron chi connectivity index (χ3n) is 2.67. The van der Waals surface area contributed by atoms with Crippen molar-refractivity contribution in [3.8, 4) is 0 Å². The van der Waals surface area contributed by atoms with Gasteiger partial charge in [-0.05, 0) is 6.92 Å². The first kappa shape index (κ1) is 10.2. The third kappa shape index (κ3) is 2.02. The Morgan fingerprint density at radius 3 is 3.07 bits per heavy atom. The van der Waals surface area contributed by atoms with E-state index in [0.29, 0.717) is 11.9 Å². The van der Waals surface area contributed by atoms with Crippen molar-refractivity contribution in [3.63, 3.8) is 0 Å². The number of aromatic nitrogens is 2. The number of imidazole rings is 1. The summed E-state index contributed by atoms with van der Waals surface area (Å²) in [6.45, 7) is 4.46. The molecule has 0 aliphatic carbocycles. The molecule has 0 aromatic carbocycles. The number of amides is 1. The Balaban J connectivity index is 2.11. The van der Waals surface area contributed by atoms with Crippen molar-refractivity contribution in [2.24, 2.45) is 7.05 Å². The van der Waals surface area contributed by atoms with Gasteiger partial charge in [0.1, 0.15) is 0 Å². The molecule has 5 heteroatoms. The van der Waals surface area contributed by atoms with Gasteiger partial charge in [-0.3, -0.25) is 4.79 Å². The summed E-state index contributed by atoms with van der Waals surface area (Å²) >= 11 is 0. The van der Waals surface area contributed by atoms with Gasteiger partial charge in [-0.2, -0.15) is 0 Å². The van der Waals surface area contributed by atoms with Gasteiger partial charge in [-0.15, -0.1) is 0 Å². The summed E-state index contributed by atoms with van der Waals surface area (Å²) in [7, 11) is 1.84. The molecule has 15 heavy (non-hydrogen) atoms. The predicted octanol–water partition coefficient (Wildman–Crippen LogP) is -0.146. The number of nitrogens with zero attached hydrogens (tertiary/aromatic N) is 3. The maximum atomic E-state index is 12.0. The summed E-state index contributed by atoms with van der Waals surface area (Å²) in [6.07, 6.45) is 3.44. The van der Waals surface area contributed by atoms with Crippen LogP contribution in [0.3, 0.4) is 0 Å². The van der Waals surface area contributed by atoms with Crippen molar-refractivity contribution in [1.82, 2.24) is 19.8 Å². The maximum Gasteiger partial charge on any atom is 0.289 e. The number of piperazine rings is 1. The summed E-state index contributed by atoms with van der Waals surface area (Å²) in [6, 6.07) is 0.364. The molecular formula is C10H16N4O. The fourth-order valence-corrected chi connectivity index (χ4v) is 1.83. The van der Waals surface area contributed by atoms with Crippen LogP contribution in [0.25, 0.3) is 0 Å². The minimum absolute atomic E-state index is 0.0239. The van der Waals surface area contributed by atoms with Crippen LogP contribution in [-0.4, -0.2) is 46.0 Å². The molecule has 0 saturated carbocycles. The first-order chi connectivity index (χ1) is 7.18. The maximum absolute atomic E-state index is 12.0. The van der Waals surface area contributed by atoms with Crippen molar-refractivity contribution in [2.45, 2.75) is 13.0 Å². The molecule has 1 aromatic heterocycles. The molecule has 2 heterocycles. The van der Waals surface area contributed by atoms with Crippen LogP contribution in [0.15, 0.2) is 12.4 Å². The average molecular weight is 208 g/mol. The number of hydrogen-bond acceptors (Lipinski definition) is 3. The van der Waals surface area contributed by atoms with Crippen LogP contribution < -0.4 is 5.32 Å². The highest BCUT2D eigenvalue weighted by Gasteiger charge is 2.23. The van der Waals surface area contributed by atoms with Crippen LogP contribution in [-0.2, 0) is 7.05 Å². The van der Waals surface area contributed by atoms with Crippen LogP contribution in [0.1, 0.15) is 17.5 Å². The van der Waals surface area contributed by atoms with Gasteiger partial charge in [0.25, 0.3) is 5.91 Å². The molecule has 5 nitrogen and oxygen atoms in total. The summed E-state index contributed by atoms with van der Waals surface area (Å²) in [4.78, 5) is 18.0. The summed E-state index contributed by atoms with van der Waals surface area (Å²) < 4.78 is 1.76. The van der Waals surface area contributed by atoms with Gasteiger partial charge in [-0.25, -0.2) is 4.98 Å². The van der Waals surface area contributed by atoms with Crippen molar-refractivity contribution < 1.29 is 4.79 Å². The van der Waals surface area contributed by atoms with E-state index < -0.39 is 0 Å². The standard InChI is InChI=1S/C10H16N4O/c1-8-7-14(6-4-11-8)10(15)9-12-3-5-13(9)2/h3,5,8,11H,4,6-7H2,1-2H3/t8-/m1/s1. The molecule has 1 saturated heterocycles. The number of nitrogens with one attached hydrogen (secondary N) is 1. The molecule has 1 fully saturated rings. The monoisotopic (exact) mass is 208 g/mol. The molecule has 1 aliphatic rings. The number of aryl methyl sites for hydroxylation is 1. The minimum Gasteiger partial charge on any atom is -0.333 e. The number of hydrogen-bond donors (Lipinski definition) is 1. The van der Waals surface area contributed by atoms with Crippen LogP contribution >= 0.6 is 0 Å². The lowest BCUT2D eigenvalue weighted by molar-refractivity contribution is 0.0693. The molecule has 1 aliphatic heterocycles. The average Bonchev–Trinajstić information content (AvgIpc) is 2.63. The Labute approximate surface area is 89.1 Å². The van der Waals surface area contributed by atoms with E-state index in [2.05, 4.69) is 17.2 Å². The molecular weight excluding hydrogens is 192 g/mol. The normalized spacial score (nSPS) is 21.7. The first-order valence-electron chi connectivity index (χ1n) is 5.18. The Kier molecular flexibility index (Phi) is 2.73. The van der Waals surface area contributed by atoms with Crippen molar-refractivity contribution in [2.75, 3.05) is 19.6 Å². The van der Waals surface area contributed by atoms with E-state index in [1.54, 1.807) is 17.0 Å². The Morgan fingerprint density at radius 2 is 2.47 bits per heavy atom. The van der Waals surface area contributed by atoms with E-state index in [1.165, 1.54) is 0 Å². The van der Waals surface area contributed by atoms with Gasteiger partial charge in [0.05, 0.1) is 0 Å². The molecule has 0 unspecified atom stereocenters. The zero-order chi connectivity index (χ0) is 10.8. The van der Waals surface area contributed by atoms with Gasteiger partial charge < -0.3 is 14.8 Å². The topological polar surface area (TPSA) is 50.2 Å². The lowest BCUT2D eigenvalue weighted by atomic mass is 10.2. The number of rotatable bonds is 1. The Morgan fingerprint density at radius 1 is 1.67 bits per heavy atom. The second-order valence-corrected chi connectivity index (χ2v) is 3.97.